The molecule has 0 aliphatic carbocycles. The van der Waals surface area contributed by atoms with Crippen molar-refractivity contribution in [2.24, 2.45) is 5.92 Å². The molecule has 0 aromatic carbocycles. The van der Waals surface area contributed by atoms with E-state index in [-0.39, 0.29) is 19.1 Å². The van der Waals surface area contributed by atoms with Crippen LogP contribution in [0.2, 0.25) is 0 Å². The SMILES string of the molecule is CC(CO)CO[P+](=O)O. The molecule has 4 nitrogen and oxygen atoms in total. The van der Waals surface area contributed by atoms with Gasteiger partial charge in [0.2, 0.25) is 0 Å². The van der Waals surface area contributed by atoms with E-state index in [1.165, 1.54) is 0 Å². The summed E-state index contributed by atoms with van der Waals surface area (Å²) in [5, 5.41) is 8.39. The average molecular weight is 153 g/mol. The van der Waals surface area contributed by atoms with Crippen molar-refractivity contribution in [1.29, 1.82) is 0 Å². The van der Waals surface area contributed by atoms with E-state index in [2.05, 4.69) is 4.52 Å². The van der Waals surface area contributed by atoms with Crippen LogP contribution in [0.5, 0.6) is 0 Å². The van der Waals surface area contributed by atoms with Crippen LogP contribution in [0.25, 0.3) is 0 Å². The molecule has 0 saturated carbocycles. The Balaban J connectivity index is 3.16. The number of aliphatic hydroxyl groups is 1. The van der Waals surface area contributed by atoms with E-state index in [4.69, 9.17) is 10.00 Å². The summed E-state index contributed by atoms with van der Waals surface area (Å²) >= 11 is 0. The first-order chi connectivity index (χ1) is 4.16. The molecule has 0 heterocycles. The van der Waals surface area contributed by atoms with E-state index >= 15 is 0 Å². The second-order valence-electron chi connectivity index (χ2n) is 1.82. The molecule has 9 heavy (non-hydrogen) atoms. The Morgan fingerprint density at radius 3 is 2.67 bits per heavy atom. The molecule has 0 rings (SSSR count). The largest absolute Gasteiger partial charge is 0.694 e. The molecule has 0 aromatic heterocycles. The van der Waals surface area contributed by atoms with Crippen LogP contribution in [-0.2, 0) is 9.09 Å². The number of hydrogen-bond donors (Lipinski definition) is 2. The molecule has 2 unspecified atom stereocenters. The summed E-state index contributed by atoms with van der Waals surface area (Å²) < 4.78 is 14.2. The highest BCUT2D eigenvalue weighted by Crippen LogP contribution is 2.15. The number of aliphatic hydroxyl groups excluding tert-OH is 1. The highest BCUT2D eigenvalue weighted by Gasteiger charge is 2.13. The molecule has 0 radical (unpaired) electrons. The van der Waals surface area contributed by atoms with Crippen LogP contribution in [0.4, 0.5) is 0 Å². The lowest BCUT2D eigenvalue weighted by Crippen LogP contribution is -2.06. The van der Waals surface area contributed by atoms with E-state index in [1.807, 2.05) is 0 Å². The third kappa shape index (κ3) is 5.86. The Morgan fingerprint density at radius 1 is 1.78 bits per heavy atom. The normalized spacial score (nSPS) is 15.2. The molecule has 0 amide bonds. The van der Waals surface area contributed by atoms with Gasteiger partial charge in [-0.15, -0.1) is 9.42 Å². The second-order valence-corrected chi connectivity index (χ2v) is 2.56. The minimum absolute atomic E-state index is 0.0246. The zero-order valence-electron chi connectivity index (χ0n) is 5.15. The summed E-state index contributed by atoms with van der Waals surface area (Å²) in [5.74, 6) is -0.0731. The Hall–Kier alpha value is -0.0200. The molecule has 5 heteroatoms. The summed E-state index contributed by atoms with van der Waals surface area (Å²) in [6, 6.07) is 0. The minimum atomic E-state index is -2.50. The fraction of sp³-hybridized carbons (Fsp3) is 1.00. The van der Waals surface area contributed by atoms with Crippen LogP contribution >= 0.6 is 8.25 Å². The van der Waals surface area contributed by atoms with Gasteiger partial charge in [0.1, 0.15) is 6.61 Å². The fourth-order valence-electron chi connectivity index (χ4n) is 0.244. The lowest BCUT2D eigenvalue weighted by atomic mass is 10.2. The molecule has 0 aromatic rings. The maximum Gasteiger partial charge on any atom is 0.694 e. The molecule has 0 saturated heterocycles. The summed E-state index contributed by atoms with van der Waals surface area (Å²) in [7, 11) is -2.50. The average Bonchev–Trinajstić information content (AvgIpc) is 1.83. The van der Waals surface area contributed by atoms with Gasteiger partial charge in [-0.05, 0) is 0 Å². The smallest absolute Gasteiger partial charge is 0.396 e. The molecule has 2 N–H and O–H groups in total. The number of hydrogen-bond acceptors (Lipinski definition) is 3. The maximum absolute atomic E-state index is 9.86. The first kappa shape index (κ1) is 8.98. The van der Waals surface area contributed by atoms with Crippen LogP contribution in [0.3, 0.4) is 0 Å². The van der Waals surface area contributed by atoms with Gasteiger partial charge in [-0.3, -0.25) is 0 Å². The Labute approximate surface area is 54.4 Å². The van der Waals surface area contributed by atoms with E-state index in [0.717, 1.165) is 0 Å². The highest BCUT2D eigenvalue weighted by molar-refractivity contribution is 7.32. The Kier molecular flexibility index (Phi) is 4.81. The Morgan fingerprint density at radius 2 is 2.33 bits per heavy atom. The minimum Gasteiger partial charge on any atom is -0.396 e. The van der Waals surface area contributed by atoms with Gasteiger partial charge in [-0.2, -0.15) is 0 Å². The van der Waals surface area contributed by atoms with Crippen molar-refractivity contribution in [2.45, 2.75) is 6.92 Å². The third-order valence-electron chi connectivity index (χ3n) is 0.781. The maximum atomic E-state index is 9.86. The molecule has 2 atom stereocenters. The van der Waals surface area contributed by atoms with E-state index in [9.17, 15) is 4.57 Å². The number of rotatable bonds is 4. The standard InChI is InChI=1S/C4H9O4P/c1-4(2-5)3-8-9(6)7/h4-5H,2-3H2,1H3/p+1. The van der Waals surface area contributed by atoms with Crippen molar-refractivity contribution >= 4 is 8.25 Å². The quantitative estimate of drug-likeness (QED) is 0.569. The first-order valence-electron chi connectivity index (χ1n) is 2.56. The van der Waals surface area contributed by atoms with Gasteiger partial charge in [-0.25, -0.2) is 0 Å². The predicted octanol–water partition coefficient (Wildman–Crippen LogP) is 0.281. The van der Waals surface area contributed by atoms with Crippen molar-refractivity contribution in [3.8, 4) is 0 Å². The zero-order valence-corrected chi connectivity index (χ0v) is 6.04. The summed E-state index contributed by atoms with van der Waals surface area (Å²) in [6.45, 7) is 1.82. The van der Waals surface area contributed by atoms with E-state index in [0.29, 0.717) is 0 Å². The van der Waals surface area contributed by atoms with Gasteiger partial charge in [0, 0.05) is 17.1 Å². The van der Waals surface area contributed by atoms with Crippen molar-refractivity contribution in [2.75, 3.05) is 13.2 Å². The molecule has 0 bridgehead atoms. The molecular formula is C4H10O4P+. The van der Waals surface area contributed by atoms with E-state index < -0.39 is 8.25 Å². The predicted molar refractivity (Wildman–Crippen MR) is 32.0 cm³/mol. The fourth-order valence-corrected chi connectivity index (χ4v) is 0.626. The molecule has 54 valence electrons. The second kappa shape index (κ2) is 4.82. The summed E-state index contributed by atoms with van der Waals surface area (Å²) in [6.07, 6.45) is 0. The van der Waals surface area contributed by atoms with Crippen molar-refractivity contribution in [3.63, 3.8) is 0 Å². The molecular weight excluding hydrogens is 143 g/mol. The lowest BCUT2D eigenvalue weighted by Gasteiger charge is -1.98. The zero-order chi connectivity index (χ0) is 7.28. The van der Waals surface area contributed by atoms with Crippen molar-refractivity contribution < 1.29 is 19.1 Å². The van der Waals surface area contributed by atoms with E-state index in [1.54, 1.807) is 6.92 Å². The topological polar surface area (TPSA) is 66.8 Å². The molecule has 0 aliphatic rings. The van der Waals surface area contributed by atoms with Crippen LogP contribution in [-0.4, -0.2) is 23.2 Å². The highest BCUT2D eigenvalue weighted by atomic mass is 31.1. The van der Waals surface area contributed by atoms with Gasteiger partial charge in [-0.1, -0.05) is 6.92 Å². The van der Waals surface area contributed by atoms with Gasteiger partial charge in [0.25, 0.3) is 0 Å². The van der Waals surface area contributed by atoms with Crippen molar-refractivity contribution in [1.82, 2.24) is 0 Å². The van der Waals surface area contributed by atoms with Crippen LogP contribution in [0.1, 0.15) is 6.92 Å². The van der Waals surface area contributed by atoms with Crippen LogP contribution < -0.4 is 0 Å². The summed E-state index contributed by atoms with van der Waals surface area (Å²) in [5.41, 5.74) is 0. The summed E-state index contributed by atoms with van der Waals surface area (Å²) in [4.78, 5) is 8.10. The Bertz CT molecular complexity index is 94.6. The van der Waals surface area contributed by atoms with Crippen LogP contribution in [0, 0.1) is 5.92 Å². The monoisotopic (exact) mass is 153 g/mol. The van der Waals surface area contributed by atoms with Gasteiger partial charge < -0.3 is 5.11 Å². The van der Waals surface area contributed by atoms with Gasteiger partial charge in [0.05, 0.1) is 0 Å². The molecule has 0 spiro atoms. The molecule has 0 fully saturated rings. The van der Waals surface area contributed by atoms with Crippen LogP contribution in [0.15, 0.2) is 0 Å². The third-order valence-corrected chi connectivity index (χ3v) is 1.15. The van der Waals surface area contributed by atoms with Crippen molar-refractivity contribution in [3.05, 3.63) is 0 Å². The van der Waals surface area contributed by atoms with Gasteiger partial charge >= 0.3 is 8.25 Å². The first-order valence-corrected chi connectivity index (χ1v) is 3.69. The molecule has 0 aliphatic heterocycles. The van der Waals surface area contributed by atoms with Gasteiger partial charge in [0.15, 0.2) is 0 Å². The lowest BCUT2D eigenvalue weighted by molar-refractivity contribution is 0.169.